The van der Waals surface area contributed by atoms with E-state index in [0.717, 1.165) is 4.47 Å². The lowest BCUT2D eigenvalue weighted by atomic mass is 9.95. The summed E-state index contributed by atoms with van der Waals surface area (Å²) in [5, 5.41) is 0.521. The molecule has 4 rings (SSSR count). The number of hydrogen-bond acceptors (Lipinski definition) is 7. The first-order valence-electron chi connectivity index (χ1n) is 11.6. The molecule has 0 fully saturated rings. The van der Waals surface area contributed by atoms with Crippen LogP contribution >= 0.6 is 38.9 Å². The maximum atomic E-state index is 13.9. The van der Waals surface area contributed by atoms with Crippen molar-refractivity contribution >= 4 is 50.9 Å². The topological polar surface area (TPSA) is 79.1 Å². The molecule has 0 unspecified atom stereocenters. The molecular formula is C27H26BrClN2O5S. The highest BCUT2D eigenvalue weighted by Gasteiger charge is 2.35. The summed E-state index contributed by atoms with van der Waals surface area (Å²) in [6, 6.07) is 9.94. The fourth-order valence-corrected chi connectivity index (χ4v) is 5.74. The number of halogens is 2. The van der Waals surface area contributed by atoms with Gasteiger partial charge in [-0.15, -0.1) is 0 Å². The third kappa shape index (κ3) is 5.54. The van der Waals surface area contributed by atoms with E-state index in [1.165, 1.54) is 15.9 Å². The molecule has 0 aliphatic carbocycles. The lowest BCUT2D eigenvalue weighted by Crippen LogP contribution is -2.40. The van der Waals surface area contributed by atoms with Crippen molar-refractivity contribution in [1.29, 1.82) is 0 Å². The van der Waals surface area contributed by atoms with Crippen LogP contribution in [0.3, 0.4) is 0 Å². The zero-order valence-corrected chi connectivity index (χ0v) is 24.2. The number of fused-ring (bicyclic) bond motifs is 1. The number of thiazole rings is 1. The van der Waals surface area contributed by atoms with Gasteiger partial charge in [-0.25, -0.2) is 9.79 Å². The Hall–Kier alpha value is -2.88. The number of nitrogens with zero attached hydrogens (tertiary/aromatic N) is 2. The normalized spacial score (nSPS) is 15.5. The van der Waals surface area contributed by atoms with Gasteiger partial charge in [-0.05, 0) is 70.2 Å². The predicted molar refractivity (Wildman–Crippen MR) is 148 cm³/mol. The summed E-state index contributed by atoms with van der Waals surface area (Å²) >= 11 is 11.0. The highest BCUT2D eigenvalue weighted by Crippen LogP contribution is 2.37. The minimum Gasteiger partial charge on any atom is -0.496 e. The van der Waals surface area contributed by atoms with E-state index in [9.17, 15) is 9.59 Å². The minimum atomic E-state index is -0.796. The van der Waals surface area contributed by atoms with Gasteiger partial charge in [-0.3, -0.25) is 9.36 Å². The summed E-state index contributed by atoms with van der Waals surface area (Å²) < 4.78 is 19.6. The van der Waals surface area contributed by atoms with Crippen LogP contribution in [0, 0.1) is 0 Å². The van der Waals surface area contributed by atoms with E-state index >= 15 is 0 Å². The Balaban J connectivity index is 2.01. The van der Waals surface area contributed by atoms with Gasteiger partial charge in [0.05, 0.1) is 35.6 Å². The molecule has 1 aliphatic rings. The van der Waals surface area contributed by atoms with E-state index in [0.29, 0.717) is 42.7 Å². The van der Waals surface area contributed by atoms with Gasteiger partial charge in [0.2, 0.25) is 0 Å². The number of esters is 1. The number of ether oxygens (including phenoxy) is 3. The number of benzene rings is 2. The highest BCUT2D eigenvalue weighted by atomic mass is 79.9. The van der Waals surface area contributed by atoms with Crippen molar-refractivity contribution < 1.29 is 19.0 Å². The van der Waals surface area contributed by atoms with Gasteiger partial charge in [0, 0.05) is 20.6 Å². The monoisotopic (exact) mass is 604 g/mol. The molecule has 0 amide bonds. The summed E-state index contributed by atoms with van der Waals surface area (Å²) in [5.74, 6) is 0.605. The average Bonchev–Trinajstić information content (AvgIpc) is 3.14. The second-order valence-electron chi connectivity index (χ2n) is 8.54. The second-order valence-corrected chi connectivity index (χ2v) is 10.9. The van der Waals surface area contributed by atoms with Crippen LogP contribution in [0.5, 0.6) is 11.5 Å². The maximum Gasteiger partial charge on any atom is 0.338 e. The van der Waals surface area contributed by atoms with Crippen LogP contribution < -0.4 is 24.4 Å². The number of rotatable bonds is 7. The van der Waals surface area contributed by atoms with Crippen LogP contribution in [0.15, 0.2) is 61.9 Å². The summed E-state index contributed by atoms with van der Waals surface area (Å²) in [6.45, 7) is 7.52. The first kappa shape index (κ1) is 27.2. The third-order valence-electron chi connectivity index (χ3n) is 5.62. The molecule has 0 N–H and O–H groups in total. The lowest BCUT2D eigenvalue weighted by Gasteiger charge is -2.26. The largest absolute Gasteiger partial charge is 0.496 e. The Bertz CT molecular complexity index is 1570. The fourth-order valence-electron chi connectivity index (χ4n) is 4.14. The van der Waals surface area contributed by atoms with Gasteiger partial charge in [-0.1, -0.05) is 38.9 Å². The van der Waals surface area contributed by atoms with Crippen LogP contribution in [-0.4, -0.2) is 30.4 Å². The number of methoxy groups -OCH3 is 1. The molecule has 0 radical (unpaired) electrons. The maximum absolute atomic E-state index is 13.9. The summed E-state index contributed by atoms with van der Waals surface area (Å²) in [5.41, 5.74) is 1.76. The molecule has 3 aromatic rings. The summed E-state index contributed by atoms with van der Waals surface area (Å²) in [6.07, 6.45) is 1.68. The van der Waals surface area contributed by atoms with Crippen molar-refractivity contribution in [1.82, 2.24) is 4.57 Å². The lowest BCUT2D eigenvalue weighted by molar-refractivity contribution is -0.139. The second kappa shape index (κ2) is 11.2. The molecule has 37 heavy (non-hydrogen) atoms. The Morgan fingerprint density at radius 2 is 1.97 bits per heavy atom. The van der Waals surface area contributed by atoms with Gasteiger partial charge in [0.25, 0.3) is 5.56 Å². The third-order valence-corrected chi connectivity index (χ3v) is 7.34. The van der Waals surface area contributed by atoms with Gasteiger partial charge in [0.15, 0.2) is 4.80 Å². The van der Waals surface area contributed by atoms with E-state index in [-0.39, 0.29) is 23.8 Å². The van der Waals surface area contributed by atoms with Crippen LogP contribution in [0.1, 0.15) is 44.9 Å². The van der Waals surface area contributed by atoms with E-state index in [2.05, 4.69) is 20.9 Å². The van der Waals surface area contributed by atoms with Gasteiger partial charge >= 0.3 is 5.97 Å². The van der Waals surface area contributed by atoms with Gasteiger partial charge in [-0.2, -0.15) is 0 Å². The SMILES string of the molecule is CCOC(=O)C1=C(C)N=c2s/c(=C\c3cc(Cl)ccc3OC(C)C)c(=O)n2[C@@H]1c1cc(Br)ccc1OC. The molecule has 7 nitrogen and oxygen atoms in total. The number of carbonyl (C=O) groups is 1. The number of aromatic nitrogens is 1. The Morgan fingerprint density at radius 3 is 2.65 bits per heavy atom. The van der Waals surface area contributed by atoms with Crippen LogP contribution in [-0.2, 0) is 9.53 Å². The van der Waals surface area contributed by atoms with Crippen molar-refractivity contribution in [3.05, 3.63) is 88.0 Å². The predicted octanol–water partition coefficient (Wildman–Crippen LogP) is 5.01. The molecule has 0 spiro atoms. The molecule has 10 heteroatoms. The molecule has 2 heterocycles. The van der Waals surface area contributed by atoms with E-state index in [1.54, 1.807) is 51.3 Å². The van der Waals surface area contributed by atoms with E-state index < -0.39 is 12.0 Å². The van der Waals surface area contributed by atoms with Crippen LogP contribution in [0.25, 0.3) is 6.08 Å². The van der Waals surface area contributed by atoms with Crippen molar-refractivity contribution in [3.8, 4) is 11.5 Å². The molecule has 1 atom stereocenters. The van der Waals surface area contributed by atoms with Crippen molar-refractivity contribution in [2.45, 2.75) is 39.8 Å². The van der Waals surface area contributed by atoms with Crippen molar-refractivity contribution in [2.24, 2.45) is 4.99 Å². The molecular weight excluding hydrogens is 580 g/mol. The molecule has 194 valence electrons. The Morgan fingerprint density at radius 1 is 1.24 bits per heavy atom. The average molecular weight is 606 g/mol. The quantitative estimate of drug-likeness (QED) is 0.354. The van der Waals surface area contributed by atoms with Crippen molar-refractivity contribution in [2.75, 3.05) is 13.7 Å². The van der Waals surface area contributed by atoms with Crippen LogP contribution in [0.4, 0.5) is 0 Å². The van der Waals surface area contributed by atoms with Gasteiger partial charge < -0.3 is 14.2 Å². The molecule has 0 saturated carbocycles. The number of allylic oxidation sites excluding steroid dienone is 1. The summed E-state index contributed by atoms with van der Waals surface area (Å²) in [7, 11) is 1.55. The highest BCUT2D eigenvalue weighted by molar-refractivity contribution is 9.10. The van der Waals surface area contributed by atoms with Gasteiger partial charge in [0.1, 0.15) is 17.5 Å². The Labute approximate surface area is 231 Å². The van der Waals surface area contributed by atoms with Crippen LogP contribution in [0.2, 0.25) is 5.02 Å². The molecule has 0 saturated heterocycles. The van der Waals surface area contributed by atoms with E-state index in [1.807, 2.05) is 26.0 Å². The first-order chi connectivity index (χ1) is 17.6. The molecule has 0 bridgehead atoms. The molecule has 1 aromatic heterocycles. The first-order valence-corrected chi connectivity index (χ1v) is 13.6. The zero-order chi connectivity index (χ0) is 26.9. The van der Waals surface area contributed by atoms with E-state index in [4.69, 9.17) is 25.8 Å². The minimum absolute atomic E-state index is 0.0617. The molecule has 2 aromatic carbocycles. The zero-order valence-electron chi connectivity index (χ0n) is 21.0. The fraction of sp³-hybridized carbons (Fsp3) is 0.296. The number of carbonyl (C=O) groups excluding carboxylic acids is 1. The summed E-state index contributed by atoms with van der Waals surface area (Å²) in [4.78, 5) is 32.1. The Kier molecular flexibility index (Phi) is 8.26. The van der Waals surface area contributed by atoms with Crippen molar-refractivity contribution in [3.63, 3.8) is 0 Å². The molecule has 1 aliphatic heterocycles. The number of hydrogen-bond donors (Lipinski definition) is 0. The smallest absolute Gasteiger partial charge is 0.338 e. The standard InChI is InChI=1S/C27H26BrClN2O5S/c1-6-35-26(33)23-15(4)30-27-31(24(23)19-13-17(28)7-9-21(19)34-5)25(32)22(37-27)12-16-11-18(29)8-10-20(16)36-14(2)3/h7-14,24H,6H2,1-5H3/b22-12-/t24-/m1/s1.